The van der Waals surface area contributed by atoms with E-state index in [4.69, 9.17) is 19.4 Å². The molecule has 222 valence electrons. The van der Waals surface area contributed by atoms with Gasteiger partial charge in [-0.1, -0.05) is 146 Å². The minimum Gasteiger partial charge on any atom is -0.456 e. The largest absolute Gasteiger partial charge is 0.456 e. The average molecular weight is 604 g/mol. The van der Waals surface area contributed by atoms with Gasteiger partial charge in [0.05, 0.1) is 0 Å². The molecule has 0 radical (unpaired) electrons. The number of nitrogens with zero attached hydrogens (tertiary/aromatic N) is 3. The summed E-state index contributed by atoms with van der Waals surface area (Å²) in [6.07, 6.45) is 8.70. The van der Waals surface area contributed by atoms with Crippen LogP contribution in [0, 0.1) is 0 Å². The van der Waals surface area contributed by atoms with Gasteiger partial charge < -0.3 is 4.42 Å². The fraction of sp³-hybridized carbons (Fsp3) is 0.0465. The predicted molar refractivity (Wildman–Crippen MR) is 191 cm³/mol. The van der Waals surface area contributed by atoms with E-state index >= 15 is 0 Å². The van der Waals surface area contributed by atoms with Gasteiger partial charge in [-0.15, -0.1) is 0 Å². The van der Waals surface area contributed by atoms with Crippen LogP contribution in [0.15, 0.2) is 168 Å². The van der Waals surface area contributed by atoms with Crippen molar-refractivity contribution in [1.82, 2.24) is 15.0 Å². The third-order valence-electron chi connectivity index (χ3n) is 9.14. The second-order valence-electron chi connectivity index (χ2n) is 12.0. The first-order valence-electron chi connectivity index (χ1n) is 15.9. The first-order valence-corrected chi connectivity index (χ1v) is 15.9. The Bertz CT molecular complexity index is 2470. The maximum atomic E-state index is 6.27. The molecule has 0 spiro atoms. The Morgan fingerprint density at radius 1 is 0.447 bits per heavy atom. The van der Waals surface area contributed by atoms with E-state index in [-0.39, 0.29) is 11.8 Å². The lowest BCUT2D eigenvalue weighted by molar-refractivity contribution is 0.664. The van der Waals surface area contributed by atoms with Crippen molar-refractivity contribution in [3.05, 3.63) is 175 Å². The molecule has 6 aromatic carbocycles. The number of allylic oxidation sites excluding steroid dienone is 4. The first-order chi connectivity index (χ1) is 23.3. The van der Waals surface area contributed by atoms with E-state index in [0.29, 0.717) is 11.6 Å². The zero-order chi connectivity index (χ0) is 31.2. The van der Waals surface area contributed by atoms with Crippen molar-refractivity contribution >= 4 is 32.7 Å². The van der Waals surface area contributed by atoms with Gasteiger partial charge in [0.25, 0.3) is 0 Å². The Labute approximate surface area is 272 Å². The number of hydrogen-bond acceptors (Lipinski definition) is 4. The van der Waals surface area contributed by atoms with Crippen molar-refractivity contribution in [1.29, 1.82) is 0 Å². The molecule has 2 unspecified atom stereocenters. The van der Waals surface area contributed by atoms with Gasteiger partial charge in [-0.3, -0.25) is 0 Å². The highest BCUT2D eigenvalue weighted by Gasteiger charge is 2.29. The summed E-state index contributed by atoms with van der Waals surface area (Å²) in [5, 5.41) is 4.59. The van der Waals surface area contributed by atoms with Crippen molar-refractivity contribution in [2.45, 2.75) is 11.8 Å². The van der Waals surface area contributed by atoms with Crippen LogP contribution in [0.3, 0.4) is 0 Å². The maximum absolute atomic E-state index is 6.27. The summed E-state index contributed by atoms with van der Waals surface area (Å²) in [5.74, 6) is 1.96. The van der Waals surface area contributed by atoms with Gasteiger partial charge in [0.2, 0.25) is 0 Å². The highest BCUT2D eigenvalue weighted by molar-refractivity contribution is 6.07. The summed E-state index contributed by atoms with van der Waals surface area (Å²) in [5.41, 5.74) is 7.21. The molecule has 0 saturated carbocycles. The van der Waals surface area contributed by atoms with Crippen LogP contribution in [0.25, 0.3) is 66.6 Å². The minimum absolute atomic E-state index is 0.00451. The summed E-state index contributed by atoms with van der Waals surface area (Å²) < 4.78 is 6.27. The summed E-state index contributed by atoms with van der Waals surface area (Å²) in [6, 6.07) is 48.3. The molecule has 9 rings (SSSR count). The summed E-state index contributed by atoms with van der Waals surface area (Å²) in [6.45, 7) is 0. The molecule has 0 N–H and O–H groups in total. The number of fused-ring (bicyclic) bond motifs is 4. The molecule has 0 bridgehead atoms. The third-order valence-corrected chi connectivity index (χ3v) is 9.14. The number of aromatic nitrogens is 3. The lowest BCUT2D eigenvalue weighted by atomic mass is 9.80. The van der Waals surface area contributed by atoms with Crippen LogP contribution >= 0.6 is 0 Å². The molecule has 0 saturated heterocycles. The second-order valence-corrected chi connectivity index (χ2v) is 12.0. The number of furan rings is 1. The Kier molecular flexibility index (Phi) is 6.57. The van der Waals surface area contributed by atoms with Crippen molar-refractivity contribution in [3.8, 4) is 33.9 Å². The van der Waals surface area contributed by atoms with E-state index in [1.54, 1.807) is 0 Å². The van der Waals surface area contributed by atoms with Gasteiger partial charge in [-0.25, -0.2) is 15.0 Å². The number of benzene rings is 6. The first kappa shape index (κ1) is 27.2. The Morgan fingerprint density at radius 2 is 1.09 bits per heavy atom. The Balaban J connectivity index is 1.20. The predicted octanol–water partition coefficient (Wildman–Crippen LogP) is 10.9. The molecular formula is C43H29N3O. The lowest BCUT2D eigenvalue weighted by Gasteiger charge is -2.25. The third kappa shape index (κ3) is 4.91. The Morgan fingerprint density at radius 3 is 1.94 bits per heavy atom. The van der Waals surface area contributed by atoms with Crippen molar-refractivity contribution in [2.75, 3.05) is 0 Å². The summed E-state index contributed by atoms with van der Waals surface area (Å²) in [7, 11) is 0. The minimum atomic E-state index is -0.108. The Hall–Kier alpha value is -6.13. The SMILES string of the molecule is C1=CC(c2nc(-c3ccc(-c4ccccc4)cc3)nc(-c3ccc4ccccc4c3)n2)C(c2cccc3oc4ccccc4c23)C=C1. The molecule has 1 aliphatic carbocycles. The maximum Gasteiger partial charge on any atom is 0.163 e. The van der Waals surface area contributed by atoms with Crippen LogP contribution in [0.2, 0.25) is 0 Å². The average Bonchev–Trinajstić information content (AvgIpc) is 3.54. The second kappa shape index (κ2) is 11.3. The summed E-state index contributed by atoms with van der Waals surface area (Å²) in [4.78, 5) is 15.5. The standard InChI is InChI=1S/C43H29N3O/c1-2-11-28(12-3-1)30-21-24-31(25-22-30)41-44-42(33-26-23-29-13-4-5-14-32(29)27-33)46-43(45-41)36-16-7-6-15-34(36)35-18-10-20-39-40(35)37-17-8-9-19-38(37)47-39/h1-27,34,36H. The van der Waals surface area contributed by atoms with E-state index in [1.165, 1.54) is 16.5 Å². The molecule has 2 atom stereocenters. The number of para-hydroxylation sites is 1. The zero-order valence-corrected chi connectivity index (χ0v) is 25.5. The molecular weight excluding hydrogens is 574 g/mol. The van der Waals surface area contributed by atoms with Crippen molar-refractivity contribution in [2.24, 2.45) is 0 Å². The quantitative estimate of drug-likeness (QED) is 0.196. The van der Waals surface area contributed by atoms with E-state index in [2.05, 4.69) is 140 Å². The smallest absolute Gasteiger partial charge is 0.163 e. The molecule has 4 nitrogen and oxygen atoms in total. The fourth-order valence-corrected chi connectivity index (χ4v) is 6.80. The van der Waals surface area contributed by atoms with E-state index in [0.717, 1.165) is 49.8 Å². The molecule has 0 aliphatic heterocycles. The van der Waals surface area contributed by atoms with Crippen molar-refractivity contribution in [3.63, 3.8) is 0 Å². The normalized spacial score (nSPS) is 15.9. The number of rotatable bonds is 5. The molecule has 2 aromatic heterocycles. The lowest BCUT2D eigenvalue weighted by Crippen LogP contribution is -2.15. The van der Waals surface area contributed by atoms with Crippen molar-refractivity contribution < 1.29 is 4.42 Å². The number of hydrogen-bond donors (Lipinski definition) is 0. The molecule has 2 heterocycles. The van der Waals surface area contributed by atoms with Crippen LogP contribution in [-0.2, 0) is 0 Å². The van der Waals surface area contributed by atoms with Crippen LogP contribution in [-0.4, -0.2) is 15.0 Å². The van der Waals surface area contributed by atoms with Gasteiger partial charge in [0.15, 0.2) is 11.6 Å². The van der Waals surface area contributed by atoms with Gasteiger partial charge in [-0.2, -0.15) is 0 Å². The monoisotopic (exact) mass is 603 g/mol. The van der Waals surface area contributed by atoms with Gasteiger partial charge in [-0.05, 0) is 45.7 Å². The highest BCUT2D eigenvalue weighted by Crippen LogP contribution is 2.43. The van der Waals surface area contributed by atoms with E-state index < -0.39 is 0 Å². The molecule has 0 amide bonds. The van der Waals surface area contributed by atoms with Gasteiger partial charge in [0.1, 0.15) is 17.0 Å². The van der Waals surface area contributed by atoms with E-state index in [9.17, 15) is 0 Å². The molecule has 1 aliphatic rings. The molecule has 4 heteroatoms. The van der Waals surface area contributed by atoms with Gasteiger partial charge in [0, 0.05) is 33.7 Å². The topological polar surface area (TPSA) is 51.8 Å². The molecule has 0 fully saturated rings. The highest BCUT2D eigenvalue weighted by atomic mass is 16.3. The molecule has 47 heavy (non-hydrogen) atoms. The van der Waals surface area contributed by atoms with E-state index in [1.807, 2.05) is 24.3 Å². The van der Waals surface area contributed by atoms with Crippen LogP contribution in [0.4, 0.5) is 0 Å². The van der Waals surface area contributed by atoms with Gasteiger partial charge >= 0.3 is 0 Å². The molecule has 8 aromatic rings. The zero-order valence-electron chi connectivity index (χ0n) is 25.5. The van der Waals surface area contributed by atoms with Crippen LogP contribution in [0.5, 0.6) is 0 Å². The fourth-order valence-electron chi connectivity index (χ4n) is 6.80. The van der Waals surface area contributed by atoms with Crippen LogP contribution < -0.4 is 0 Å². The summed E-state index contributed by atoms with van der Waals surface area (Å²) >= 11 is 0. The van der Waals surface area contributed by atoms with Crippen LogP contribution in [0.1, 0.15) is 23.2 Å².